The Bertz CT molecular complexity index is 681. The third-order valence-corrected chi connectivity index (χ3v) is 3.44. The minimum atomic E-state index is -4.51. The lowest BCUT2D eigenvalue weighted by atomic mass is 10.1. The molecule has 0 atom stereocenters. The molecule has 0 bridgehead atoms. The van der Waals surface area contributed by atoms with Gasteiger partial charge in [-0.1, -0.05) is 31.2 Å². The van der Waals surface area contributed by atoms with Crippen LogP contribution < -0.4 is 10.1 Å². The topological polar surface area (TPSA) is 38.3 Å². The molecule has 0 heterocycles. The molecule has 0 unspecified atom stereocenters. The van der Waals surface area contributed by atoms with E-state index in [0.717, 1.165) is 12.5 Å². The molecule has 128 valence electrons. The van der Waals surface area contributed by atoms with Gasteiger partial charge in [0, 0.05) is 0 Å². The van der Waals surface area contributed by atoms with Crippen molar-refractivity contribution in [3.63, 3.8) is 0 Å². The van der Waals surface area contributed by atoms with E-state index >= 15 is 0 Å². The summed E-state index contributed by atoms with van der Waals surface area (Å²) in [7, 11) is 0. The van der Waals surface area contributed by atoms with Gasteiger partial charge in [0.1, 0.15) is 5.75 Å². The van der Waals surface area contributed by atoms with Gasteiger partial charge < -0.3 is 10.1 Å². The first-order valence-corrected chi connectivity index (χ1v) is 7.58. The standard InChI is InChI=1S/C18H18F3NO2/c1-2-13-7-9-14(10-8-13)24-12-11-17(23)22-16-6-4-3-5-15(16)18(19,20)21/h3-10H,2,11-12H2,1H3,(H,22,23). The molecule has 0 aliphatic heterocycles. The molecule has 1 amide bonds. The number of anilines is 1. The fraction of sp³-hybridized carbons (Fsp3) is 0.278. The van der Waals surface area contributed by atoms with Gasteiger partial charge in [-0.2, -0.15) is 13.2 Å². The lowest BCUT2D eigenvalue weighted by molar-refractivity contribution is -0.137. The molecule has 2 rings (SSSR count). The first-order valence-electron chi connectivity index (χ1n) is 7.58. The number of para-hydroxylation sites is 1. The van der Waals surface area contributed by atoms with E-state index in [9.17, 15) is 18.0 Å². The quantitative estimate of drug-likeness (QED) is 0.831. The van der Waals surface area contributed by atoms with Crippen LogP contribution in [0, 0.1) is 0 Å². The summed E-state index contributed by atoms with van der Waals surface area (Å²) >= 11 is 0. The van der Waals surface area contributed by atoms with Crippen LogP contribution in [0.1, 0.15) is 24.5 Å². The van der Waals surface area contributed by atoms with Crippen LogP contribution in [-0.2, 0) is 17.4 Å². The van der Waals surface area contributed by atoms with Crippen LogP contribution in [0.25, 0.3) is 0 Å². The average molecular weight is 337 g/mol. The second-order valence-corrected chi connectivity index (χ2v) is 5.19. The summed E-state index contributed by atoms with van der Waals surface area (Å²) in [5, 5.41) is 2.28. The van der Waals surface area contributed by atoms with Gasteiger partial charge in [-0.25, -0.2) is 0 Å². The second-order valence-electron chi connectivity index (χ2n) is 5.19. The molecule has 0 aliphatic carbocycles. The Balaban J connectivity index is 1.87. The molecule has 0 spiro atoms. The minimum Gasteiger partial charge on any atom is -0.493 e. The van der Waals surface area contributed by atoms with Gasteiger partial charge in [0.2, 0.25) is 5.91 Å². The Morgan fingerprint density at radius 2 is 1.75 bits per heavy atom. The van der Waals surface area contributed by atoms with E-state index in [2.05, 4.69) is 5.32 Å². The maximum Gasteiger partial charge on any atom is 0.418 e. The number of hydrogen-bond acceptors (Lipinski definition) is 2. The van der Waals surface area contributed by atoms with Gasteiger partial charge in [-0.05, 0) is 36.2 Å². The predicted octanol–water partition coefficient (Wildman–Crippen LogP) is 4.68. The molecule has 6 heteroatoms. The van der Waals surface area contributed by atoms with Crippen molar-refractivity contribution < 1.29 is 22.7 Å². The third-order valence-electron chi connectivity index (χ3n) is 3.44. The normalized spacial score (nSPS) is 11.2. The van der Waals surface area contributed by atoms with Crippen LogP contribution in [0.4, 0.5) is 18.9 Å². The molecule has 0 fully saturated rings. The number of amides is 1. The fourth-order valence-electron chi connectivity index (χ4n) is 2.13. The van der Waals surface area contributed by atoms with Crippen molar-refractivity contribution in [1.29, 1.82) is 0 Å². The van der Waals surface area contributed by atoms with Crippen molar-refractivity contribution in [2.45, 2.75) is 25.9 Å². The van der Waals surface area contributed by atoms with Crippen LogP contribution in [-0.4, -0.2) is 12.5 Å². The number of rotatable bonds is 6. The largest absolute Gasteiger partial charge is 0.493 e. The van der Waals surface area contributed by atoms with Crippen molar-refractivity contribution in [3.05, 3.63) is 59.7 Å². The third kappa shape index (κ3) is 5.01. The Hall–Kier alpha value is -2.50. The van der Waals surface area contributed by atoms with Gasteiger partial charge in [0.25, 0.3) is 0 Å². The number of hydrogen-bond donors (Lipinski definition) is 1. The van der Waals surface area contributed by atoms with Gasteiger partial charge in [-0.15, -0.1) is 0 Å². The summed E-state index contributed by atoms with van der Waals surface area (Å²) in [6, 6.07) is 12.3. The van der Waals surface area contributed by atoms with Crippen molar-refractivity contribution >= 4 is 11.6 Å². The van der Waals surface area contributed by atoms with E-state index in [1.807, 2.05) is 19.1 Å². The molecule has 0 saturated heterocycles. The lowest BCUT2D eigenvalue weighted by Crippen LogP contribution is -2.18. The Morgan fingerprint density at radius 1 is 1.08 bits per heavy atom. The molecule has 0 aromatic heterocycles. The zero-order valence-electron chi connectivity index (χ0n) is 13.2. The minimum absolute atomic E-state index is 0.0400. The van der Waals surface area contributed by atoms with E-state index in [4.69, 9.17) is 4.74 Å². The van der Waals surface area contributed by atoms with Crippen LogP contribution in [0.15, 0.2) is 48.5 Å². The predicted molar refractivity (Wildman–Crippen MR) is 86.0 cm³/mol. The number of benzene rings is 2. The zero-order valence-corrected chi connectivity index (χ0v) is 13.2. The van der Waals surface area contributed by atoms with Gasteiger partial charge >= 0.3 is 6.18 Å². The highest BCUT2D eigenvalue weighted by molar-refractivity contribution is 5.91. The summed E-state index contributed by atoms with van der Waals surface area (Å²) in [6.45, 7) is 2.13. The van der Waals surface area contributed by atoms with E-state index in [0.29, 0.717) is 5.75 Å². The average Bonchev–Trinajstić information content (AvgIpc) is 2.55. The first kappa shape index (κ1) is 17.8. The van der Waals surface area contributed by atoms with E-state index in [-0.39, 0.29) is 18.7 Å². The number of alkyl halides is 3. The number of halogens is 3. The van der Waals surface area contributed by atoms with E-state index in [1.165, 1.54) is 23.8 Å². The van der Waals surface area contributed by atoms with Gasteiger partial charge in [0.15, 0.2) is 0 Å². The maximum atomic E-state index is 12.9. The molecular formula is C18H18F3NO2. The highest BCUT2D eigenvalue weighted by atomic mass is 19.4. The van der Waals surface area contributed by atoms with Crippen molar-refractivity contribution in [2.75, 3.05) is 11.9 Å². The van der Waals surface area contributed by atoms with Crippen molar-refractivity contribution in [2.24, 2.45) is 0 Å². The Morgan fingerprint density at radius 3 is 2.38 bits per heavy atom. The molecule has 1 N–H and O–H groups in total. The maximum absolute atomic E-state index is 12.9. The first-order chi connectivity index (χ1) is 11.4. The van der Waals surface area contributed by atoms with Crippen LogP contribution in [0.5, 0.6) is 5.75 Å². The summed E-state index contributed by atoms with van der Waals surface area (Å²) in [4.78, 5) is 11.8. The summed E-state index contributed by atoms with van der Waals surface area (Å²) < 4.78 is 44.0. The highest BCUT2D eigenvalue weighted by Crippen LogP contribution is 2.34. The smallest absolute Gasteiger partial charge is 0.418 e. The van der Waals surface area contributed by atoms with Gasteiger partial charge in [-0.3, -0.25) is 4.79 Å². The second kappa shape index (κ2) is 7.86. The monoisotopic (exact) mass is 337 g/mol. The van der Waals surface area contributed by atoms with E-state index < -0.39 is 17.6 Å². The van der Waals surface area contributed by atoms with Crippen molar-refractivity contribution in [1.82, 2.24) is 0 Å². The summed E-state index contributed by atoms with van der Waals surface area (Å²) in [5.74, 6) is 0.0903. The SMILES string of the molecule is CCc1ccc(OCCC(=O)Nc2ccccc2C(F)(F)F)cc1. The lowest BCUT2D eigenvalue weighted by Gasteiger charge is -2.13. The highest BCUT2D eigenvalue weighted by Gasteiger charge is 2.33. The molecule has 2 aromatic rings. The van der Waals surface area contributed by atoms with E-state index in [1.54, 1.807) is 12.1 Å². The molecule has 0 aliphatic rings. The van der Waals surface area contributed by atoms with Gasteiger partial charge in [0.05, 0.1) is 24.3 Å². The number of aryl methyl sites for hydroxylation is 1. The van der Waals surface area contributed by atoms with Crippen LogP contribution in [0.2, 0.25) is 0 Å². The van der Waals surface area contributed by atoms with Crippen LogP contribution >= 0.6 is 0 Å². The number of nitrogens with one attached hydrogen (secondary N) is 1. The Labute approximate surface area is 138 Å². The molecule has 0 radical (unpaired) electrons. The number of carbonyl (C=O) groups excluding carboxylic acids is 1. The summed E-state index contributed by atoms with van der Waals surface area (Å²) in [5.41, 5.74) is 0.0561. The molecule has 0 saturated carbocycles. The summed E-state index contributed by atoms with van der Waals surface area (Å²) in [6.07, 6.45) is -3.63. The fourth-order valence-corrected chi connectivity index (χ4v) is 2.13. The number of carbonyl (C=O) groups is 1. The Kier molecular flexibility index (Phi) is 5.84. The molecule has 2 aromatic carbocycles. The van der Waals surface area contributed by atoms with Crippen LogP contribution in [0.3, 0.4) is 0 Å². The van der Waals surface area contributed by atoms with Crippen molar-refractivity contribution in [3.8, 4) is 5.75 Å². The number of ether oxygens (including phenoxy) is 1. The molecule has 3 nitrogen and oxygen atoms in total. The zero-order chi connectivity index (χ0) is 17.6. The molecular weight excluding hydrogens is 319 g/mol. The molecule has 24 heavy (non-hydrogen) atoms.